The highest BCUT2D eigenvalue weighted by Crippen LogP contribution is 2.27. The second kappa shape index (κ2) is 8.98. The van der Waals surface area contributed by atoms with E-state index in [1.807, 2.05) is 13.8 Å². The van der Waals surface area contributed by atoms with Gasteiger partial charge in [0.05, 0.1) is 16.0 Å². The van der Waals surface area contributed by atoms with Gasteiger partial charge in [0.2, 0.25) is 15.9 Å². The predicted octanol–water partition coefficient (Wildman–Crippen LogP) is 2.06. The monoisotopic (exact) mass is 448 g/mol. The van der Waals surface area contributed by atoms with Crippen molar-refractivity contribution < 1.29 is 18.1 Å². The fourth-order valence-electron chi connectivity index (χ4n) is 3.77. The average Bonchev–Trinajstić information content (AvgIpc) is 2.69. The third-order valence-electron chi connectivity index (χ3n) is 5.10. The number of amides is 1. The lowest BCUT2D eigenvalue weighted by atomic mass is 9.94. The zero-order chi connectivity index (χ0) is 22.8. The third kappa shape index (κ3) is 5.36. The number of hydrogen-bond donors (Lipinski definition) is 1. The van der Waals surface area contributed by atoms with Crippen LogP contribution < -0.4 is 10.9 Å². The smallest absolute Gasteiger partial charge is 0.285 e. The molecule has 0 bridgehead atoms. The van der Waals surface area contributed by atoms with Crippen molar-refractivity contribution in [3.05, 3.63) is 63.1 Å². The number of aromatic nitrogens is 1. The molecule has 1 N–H and O–H groups in total. The Labute approximate surface area is 179 Å². The van der Waals surface area contributed by atoms with Gasteiger partial charge in [0.25, 0.3) is 11.2 Å². The number of nitro groups is 1. The van der Waals surface area contributed by atoms with Crippen LogP contribution in [0, 0.1) is 22.0 Å². The van der Waals surface area contributed by atoms with E-state index in [9.17, 15) is 28.1 Å². The van der Waals surface area contributed by atoms with Crippen molar-refractivity contribution in [2.45, 2.75) is 31.7 Å². The molecule has 2 atom stereocenters. The zero-order valence-electron chi connectivity index (χ0n) is 17.2. The lowest BCUT2D eigenvalue weighted by Crippen LogP contribution is -2.42. The molecule has 1 aromatic heterocycles. The maximum absolute atomic E-state index is 12.9. The number of pyridine rings is 1. The average molecular weight is 449 g/mol. The fourth-order valence-corrected chi connectivity index (χ4v) is 5.45. The van der Waals surface area contributed by atoms with Gasteiger partial charge in [-0.25, -0.2) is 8.42 Å². The normalized spacial score (nSPS) is 19.7. The minimum Gasteiger partial charge on any atom is -0.325 e. The van der Waals surface area contributed by atoms with Gasteiger partial charge in [-0.15, -0.1) is 0 Å². The minimum atomic E-state index is -3.63. The number of nitrogens with one attached hydrogen (secondary N) is 1. The first kappa shape index (κ1) is 22.6. The quantitative estimate of drug-likeness (QED) is 0.531. The molecule has 3 rings (SSSR count). The SMILES string of the molecule is C[C@@H]1C[C@H](C)CN(S(=O)(=O)c2ccc(NC(=O)Cn3cc([N+](=O)[O-])ccc3=O)cc2)C1. The van der Waals surface area contributed by atoms with Crippen LogP contribution in [0.25, 0.3) is 0 Å². The summed E-state index contributed by atoms with van der Waals surface area (Å²) in [4.78, 5) is 34.4. The van der Waals surface area contributed by atoms with E-state index in [1.54, 1.807) is 0 Å². The summed E-state index contributed by atoms with van der Waals surface area (Å²) in [5, 5.41) is 13.4. The first-order chi connectivity index (χ1) is 14.6. The van der Waals surface area contributed by atoms with Crippen LogP contribution in [-0.4, -0.2) is 41.2 Å². The van der Waals surface area contributed by atoms with Crippen LogP contribution in [0.15, 0.2) is 52.3 Å². The van der Waals surface area contributed by atoms with Crippen LogP contribution in [0.5, 0.6) is 0 Å². The van der Waals surface area contributed by atoms with Crippen LogP contribution in [0.2, 0.25) is 0 Å². The van der Waals surface area contributed by atoms with Gasteiger partial charge >= 0.3 is 0 Å². The highest BCUT2D eigenvalue weighted by Gasteiger charge is 2.31. The summed E-state index contributed by atoms with van der Waals surface area (Å²) < 4.78 is 28.3. The summed E-state index contributed by atoms with van der Waals surface area (Å²) in [7, 11) is -3.63. The molecule has 11 heteroatoms. The maximum Gasteiger partial charge on any atom is 0.285 e. The molecule has 0 aliphatic carbocycles. The van der Waals surface area contributed by atoms with E-state index in [2.05, 4.69) is 5.32 Å². The van der Waals surface area contributed by atoms with Gasteiger partial charge in [-0.3, -0.25) is 24.3 Å². The number of sulfonamides is 1. The standard InChI is InChI=1S/C20H24N4O6S/c1-14-9-15(2)11-23(10-14)31(29,30)18-6-3-16(4-7-18)21-19(25)13-22-12-17(24(27)28)5-8-20(22)26/h3-8,12,14-15H,9-11,13H2,1-2H3,(H,21,25)/t14-,15+. The molecular formula is C20H24N4O6S. The molecule has 2 aromatic rings. The number of anilines is 1. The van der Waals surface area contributed by atoms with E-state index in [0.717, 1.165) is 29.3 Å². The van der Waals surface area contributed by atoms with Crippen molar-refractivity contribution in [3.8, 4) is 0 Å². The molecule has 0 unspecified atom stereocenters. The van der Waals surface area contributed by atoms with Gasteiger partial charge in [-0.1, -0.05) is 13.8 Å². The van der Waals surface area contributed by atoms with Crippen LogP contribution in [-0.2, 0) is 21.4 Å². The van der Waals surface area contributed by atoms with Crippen molar-refractivity contribution in [3.63, 3.8) is 0 Å². The first-order valence-electron chi connectivity index (χ1n) is 9.81. The lowest BCUT2D eigenvalue weighted by Gasteiger charge is -2.34. The molecule has 31 heavy (non-hydrogen) atoms. The summed E-state index contributed by atoms with van der Waals surface area (Å²) in [6.45, 7) is 4.60. The summed E-state index contributed by atoms with van der Waals surface area (Å²) in [6, 6.07) is 7.88. The fraction of sp³-hybridized carbons (Fsp3) is 0.400. The van der Waals surface area contributed by atoms with Gasteiger partial charge in [0.15, 0.2) is 0 Å². The number of nitrogens with zero attached hydrogens (tertiary/aromatic N) is 3. The first-order valence-corrected chi connectivity index (χ1v) is 11.2. The third-order valence-corrected chi connectivity index (χ3v) is 6.95. The summed E-state index contributed by atoms with van der Waals surface area (Å²) >= 11 is 0. The van der Waals surface area contributed by atoms with E-state index in [4.69, 9.17) is 0 Å². The Hall–Kier alpha value is -3.05. The van der Waals surface area contributed by atoms with Gasteiger partial charge in [-0.05, 0) is 42.5 Å². The van der Waals surface area contributed by atoms with Gasteiger partial charge in [0, 0.05) is 30.9 Å². The summed E-state index contributed by atoms with van der Waals surface area (Å²) in [5.41, 5.74) is -0.502. The van der Waals surface area contributed by atoms with Crippen molar-refractivity contribution in [2.75, 3.05) is 18.4 Å². The minimum absolute atomic E-state index is 0.140. The van der Waals surface area contributed by atoms with E-state index >= 15 is 0 Å². The van der Waals surface area contributed by atoms with E-state index in [-0.39, 0.29) is 22.4 Å². The van der Waals surface area contributed by atoms with Crippen LogP contribution >= 0.6 is 0 Å². The zero-order valence-corrected chi connectivity index (χ0v) is 18.0. The summed E-state index contributed by atoms with van der Waals surface area (Å²) in [6.07, 6.45) is 1.99. The van der Waals surface area contributed by atoms with Gasteiger partial charge < -0.3 is 5.32 Å². The summed E-state index contributed by atoms with van der Waals surface area (Å²) in [5.74, 6) is 0.000455. The number of carbonyl (C=O) groups is 1. The molecule has 1 amide bonds. The molecule has 2 heterocycles. The molecule has 1 fully saturated rings. The van der Waals surface area contributed by atoms with Crippen molar-refractivity contribution in [1.82, 2.24) is 8.87 Å². The van der Waals surface area contributed by atoms with E-state index < -0.39 is 33.0 Å². The van der Waals surface area contributed by atoms with Crippen molar-refractivity contribution in [1.29, 1.82) is 0 Å². The lowest BCUT2D eigenvalue weighted by molar-refractivity contribution is -0.385. The number of benzene rings is 1. The molecule has 10 nitrogen and oxygen atoms in total. The molecule has 1 aromatic carbocycles. The molecule has 166 valence electrons. The molecule has 1 aliphatic rings. The highest BCUT2D eigenvalue weighted by molar-refractivity contribution is 7.89. The number of hydrogen-bond acceptors (Lipinski definition) is 6. The maximum atomic E-state index is 12.9. The Bertz CT molecular complexity index is 1130. The molecular weight excluding hydrogens is 424 g/mol. The van der Waals surface area contributed by atoms with Crippen LogP contribution in [0.3, 0.4) is 0 Å². The molecule has 0 spiro atoms. The largest absolute Gasteiger partial charge is 0.325 e. The number of rotatable bonds is 6. The Balaban J connectivity index is 1.69. The second-order valence-corrected chi connectivity index (χ2v) is 9.89. The number of carbonyl (C=O) groups excluding carboxylic acids is 1. The van der Waals surface area contributed by atoms with Crippen LogP contribution in [0.4, 0.5) is 11.4 Å². The Kier molecular flexibility index (Phi) is 6.56. The highest BCUT2D eigenvalue weighted by atomic mass is 32.2. The molecule has 1 saturated heterocycles. The Morgan fingerprint density at radius 3 is 2.32 bits per heavy atom. The Morgan fingerprint density at radius 2 is 1.74 bits per heavy atom. The van der Waals surface area contributed by atoms with Gasteiger partial charge in [-0.2, -0.15) is 4.31 Å². The van der Waals surface area contributed by atoms with Gasteiger partial charge in [0.1, 0.15) is 6.54 Å². The molecule has 0 radical (unpaired) electrons. The Morgan fingerprint density at radius 1 is 1.13 bits per heavy atom. The van der Waals surface area contributed by atoms with Crippen molar-refractivity contribution >= 4 is 27.3 Å². The van der Waals surface area contributed by atoms with E-state index in [1.165, 1.54) is 28.6 Å². The van der Waals surface area contributed by atoms with Crippen molar-refractivity contribution in [2.24, 2.45) is 11.8 Å². The van der Waals surface area contributed by atoms with Crippen LogP contribution in [0.1, 0.15) is 20.3 Å². The molecule has 0 saturated carbocycles. The predicted molar refractivity (Wildman–Crippen MR) is 114 cm³/mol. The molecule has 1 aliphatic heterocycles. The van der Waals surface area contributed by atoms with E-state index in [0.29, 0.717) is 18.8 Å². The number of piperidine rings is 1. The second-order valence-electron chi connectivity index (χ2n) is 7.95. The topological polar surface area (TPSA) is 132 Å².